The van der Waals surface area contributed by atoms with Crippen molar-refractivity contribution >= 4 is 46.1 Å². The molecule has 0 spiro atoms. The Morgan fingerprint density at radius 2 is 2.00 bits per heavy atom. The maximum Gasteiger partial charge on any atom is 0.108 e. The van der Waals surface area contributed by atoms with Crippen molar-refractivity contribution in [3.05, 3.63) is 27.7 Å². The van der Waals surface area contributed by atoms with Gasteiger partial charge in [0.2, 0.25) is 0 Å². The lowest BCUT2D eigenvalue weighted by molar-refractivity contribution is 0.741. The monoisotopic (exact) mass is 262 g/mol. The summed E-state index contributed by atoms with van der Waals surface area (Å²) in [5.74, 6) is 0. The lowest BCUT2D eigenvalue weighted by Gasteiger charge is -2.14. The van der Waals surface area contributed by atoms with Crippen LogP contribution >= 0.6 is 35.4 Å². The summed E-state index contributed by atoms with van der Waals surface area (Å²) in [6.07, 6.45) is 0. The number of thiocarbonyl (C=S) groups is 1. The third-order valence-electron chi connectivity index (χ3n) is 1.76. The molecule has 1 aromatic carbocycles. The molecule has 0 saturated carbocycles. The van der Waals surface area contributed by atoms with Gasteiger partial charge in [0, 0.05) is 16.6 Å². The highest BCUT2D eigenvalue weighted by atomic mass is 35.5. The molecule has 0 bridgehead atoms. The Balaban J connectivity index is 3.08. The van der Waals surface area contributed by atoms with Crippen molar-refractivity contribution in [1.29, 1.82) is 0 Å². The summed E-state index contributed by atoms with van der Waals surface area (Å²) in [7, 11) is 0. The number of nitrogens with one attached hydrogen (secondary N) is 1. The summed E-state index contributed by atoms with van der Waals surface area (Å²) in [5.41, 5.74) is 6.94. The van der Waals surface area contributed by atoms with Crippen molar-refractivity contribution in [3.63, 3.8) is 0 Å². The molecule has 0 amide bonds. The topological polar surface area (TPSA) is 38.0 Å². The number of anilines is 1. The first kappa shape index (κ1) is 12.6. The maximum absolute atomic E-state index is 5.90. The van der Waals surface area contributed by atoms with Crippen molar-refractivity contribution < 1.29 is 0 Å². The molecule has 0 fully saturated rings. The largest absolute Gasteiger partial charge is 0.397 e. The van der Waals surface area contributed by atoms with E-state index in [0.717, 1.165) is 0 Å². The summed E-state index contributed by atoms with van der Waals surface area (Å²) in [4.78, 5) is 0.562. The summed E-state index contributed by atoms with van der Waals surface area (Å²) in [6, 6.07) is 3.55. The Hall–Kier alpha value is -0.510. The Labute approximate surface area is 105 Å². The van der Waals surface area contributed by atoms with Crippen molar-refractivity contribution in [2.75, 3.05) is 5.73 Å². The van der Waals surface area contributed by atoms with E-state index in [0.29, 0.717) is 26.3 Å². The molecular weight excluding hydrogens is 251 g/mol. The van der Waals surface area contributed by atoms with Crippen LogP contribution in [0.4, 0.5) is 5.69 Å². The SMILES string of the molecule is CC(C)NC(=S)c1cc(Cl)cc(Cl)c1N. The molecule has 0 unspecified atom stereocenters. The van der Waals surface area contributed by atoms with Crippen molar-refractivity contribution in [2.24, 2.45) is 0 Å². The van der Waals surface area contributed by atoms with E-state index in [9.17, 15) is 0 Å². The first-order chi connectivity index (χ1) is 6.91. The average Bonchev–Trinajstić information content (AvgIpc) is 2.09. The molecule has 1 rings (SSSR count). The van der Waals surface area contributed by atoms with Gasteiger partial charge in [0.15, 0.2) is 0 Å². The highest BCUT2D eigenvalue weighted by Gasteiger charge is 2.10. The van der Waals surface area contributed by atoms with E-state index in [1.165, 1.54) is 0 Å². The van der Waals surface area contributed by atoms with Gasteiger partial charge < -0.3 is 11.1 Å². The Morgan fingerprint density at radius 3 is 2.53 bits per heavy atom. The highest BCUT2D eigenvalue weighted by molar-refractivity contribution is 7.80. The van der Waals surface area contributed by atoms with Gasteiger partial charge in [0.25, 0.3) is 0 Å². The molecule has 0 saturated heterocycles. The van der Waals surface area contributed by atoms with E-state index in [4.69, 9.17) is 41.2 Å². The van der Waals surface area contributed by atoms with E-state index in [1.807, 2.05) is 13.8 Å². The summed E-state index contributed by atoms with van der Waals surface area (Å²) < 4.78 is 0. The quantitative estimate of drug-likeness (QED) is 0.635. The Kier molecular flexibility index (Phi) is 4.20. The number of nitrogen functional groups attached to an aromatic ring is 1. The lowest BCUT2D eigenvalue weighted by Crippen LogP contribution is -2.29. The van der Waals surface area contributed by atoms with Crippen LogP contribution in [0.2, 0.25) is 10.0 Å². The number of hydrogen-bond donors (Lipinski definition) is 2. The maximum atomic E-state index is 5.90. The minimum atomic E-state index is 0.245. The first-order valence-electron chi connectivity index (χ1n) is 4.47. The van der Waals surface area contributed by atoms with Gasteiger partial charge in [0.05, 0.1) is 10.7 Å². The van der Waals surface area contributed by atoms with Crippen LogP contribution in [0, 0.1) is 0 Å². The number of halogens is 2. The standard InChI is InChI=1S/C10H12Cl2N2S/c1-5(2)14-10(15)7-3-6(11)4-8(12)9(7)13/h3-5H,13H2,1-2H3,(H,14,15). The fraction of sp³-hybridized carbons (Fsp3) is 0.300. The van der Waals surface area contributed by atoms with E-state index >= 15 is 0 Å². The predicted molar refractivity (Wildman–Crippen MR) is 70.8 cm³/mol. The molecule has 1 aromatic rings. The molecule has 0 heterocycles. The third kappa shape index (κ3) is 3.23. The predicted octanol–water partition coefficient (Wildman–Crippen LogP) is 3.25. The summed E-state index contributed by atoms with van der Waals surface area (Å²) >= 11 is 17.0. The zero-order valence-electron chi connectivity index (χ0n) is 8.47. The molecular formula is C10H12Cl2N2S. The number of rotatable bonds is 2. The Morgan fingerprint density at radius 1 is 1.40 bits per heavy atom. The van der Waals surface area contributed by atoms with Crippen molar-refractivity contribution in [3.8, 4) is 0 Å². The van der Waals surface area contributed by atoms with Gasteiger partial charge in [-0.3, -0.25) is 0 Å². The van der Waals surface area contributed by atoms with E-state index in [2.05, 4.69) is 5.32 Å². The smallest absolute Gasteiger partial charge is 0.108 e. The van der Waals surface area contributed by atoms with Crippen LogP contribution < -0.4 is 11.1 Å². The van der Waals surface area contributed by atoms with Crippen LogP contribution in [-0.2, 0) is 0 Å². The normalized spacial score (nSPS) is 10.5. The van der Waals surface area contributed by atoms with Crippen molar-refractivity contribution in [2.45, 2.75) is 19.9 Å². The van der Waals surface area contributed by atoms with Gasteiger partial charge in [-0.1, -0.05) is 35.4 Å². The summed E-state index contributed by atoms with van der Waals surface area (Å²) in [5, 5.41) is 4.04. The third-order valence-corrected chi connectivity index (χ3v) is 2.63. The molecule has 0 atom stereocenters. The molecule has 0 aliphatic heterocycles. The highest BCUT2D eigenvalue weighted by Crippen LogP contribution is 2.27. The van der Waals surface area contributed by atoms with Gasteiger partial charge in [-0.2, -0.15) is 0 Å². The van der Waals surface area contributed by atoms with Gasteiger partial charge in [0.1, 0.15) is 4.99 Å². The number of nitrogens with two attached hydrogens (primary N) is 1. The second-order valence-electron chi connectivity index (χ2n) is 3.48. The zero-order valence-corrected chi connectivity index (χ0v) is 10.8. The van der Waals surface area contributed by atoms with Crippen molar-refractivity contribution in [1.82, 2.24) is 5.32 Å². The fourth-order valence-electron chi connectivity index (χ4n) is 1.11. The Bertz CT molecular complexity index is 391. The van der Waals surface area contributed by atoms with Gasteiger partial charge >= 0.3 is 0 Å². The molecule has 0 radical (unpaired) electrons. The number of hydrogen-bond acceptors (Lipinski definition) is 2. The van der Waals surface area contributed by atoms with Gasteiger partial charge in [-0.15, -0.1) is 0 Å². The average molecular weight is 263 g/mol. The molecule has 0 aliphatic rings. The van der Waals surface area contributed by atoms with E-state index in [1.54, 1.807) is 12.1 Å². The van der Waals surface area contributed by atoms with Crippen LogP contribution in [0.1, 0.15) is 19.4 Å². The fourth-order valence-corrected chi connectivity index (χ4v) is 2.01. The lowest BCUT2D eigenvalue weighted by atomic mass is 10.1. The molecule has 3 N–H and O–H groups in total. The minimum absolute atomic E-state index is 0.245. The van der Waals surface area contributed by atoms with Gasteiger partial charge in [-0.25, -0.2) is 0 Å². The molecule has 82 valence electrons. The second kappa shape index (κ2) is 5.01. The summed E-state index contributed by atoms with van der Waals surface area (Å²) in [6.45, 7) is 3.99. The van der Waals surface area contributed by atoms with Crippen LogP contribution in [0.25, 0.3) is 0 Å². The first-order valence-corrected chi connectivity index (χ1v) is 5.63. The van der Waals surface area contributed by atoms with Crippen LogP contribution in [0.3, 0.4) is 0 Å². The van der Waals surface area contributed by atoms with Crippen LogP contribution in [0.5, 0.6) is 0 Å². The molecule has 2 nitrogen and oxygen atoms in total. The van der Waals surface area contributed by atoms with Crippen LogP contribution in [-0.4, -0.2) is 11.0 Å². The number of benzene rings is 1. The van der Waals surface area contributed by atoms with Gasteiger partial charge in [-0.05, 0) is 26.0 Å². The molecule has 0 aromatic heterocycles. The van der Waals surface area contributed by atoms with E-state index in [-0.39, 0.29) is 6.04 Å². The molecule has 0 aliphatic carbocycles. The van der Waals surface area contributed by atoms with Crippen LogP contribution in [0.15, 0.2) is 12.1 Å². The minimum Gasteiger partial charge on any atom is -0.397 e. The zero-order chi connectivity index (χ0) is 11.6. The second-order valence-corrected chi connectivity index (χ2v) is 4.73. The molecule has 15 heavy (non-hydrogen) atoms. The van der Waals surface area contributed by atoms with E-state index < -0.39 is 0 Å². The molecule has 5 heteroatoms.